The number of ketones is 1. The normalized spacial score (nSPS) is 9.20. The van der Waals surface area contributed by atoms with Crippen LogP contribution in [0.3, 0.4) is 0 Å². The lowest BCUT2D eigenvalue weighted by Gasteiger charge is -2.03. The average Bonchev–Trinajstić information content (AvgIpc) is 2.48. The van der Waals surface area contributed by atoms with Crippen molar-refractivity contribution in [2.45, 2.75) is 0 Å². The van der Waals surface area contributed by atoms with Crippen molar-refractivity contribution < 1.29 is 4.79 Å². The second kappa shape index (κ2) is 6.06. The highest BCUT2D eigenvalue weighted by Crippen LogP contribution is 2.20. The molecular weight excluding hydrogens is 256 g/mol. The first-order valence-corrected chi connectivity index (χ1v) is 5.59. The van der Waals surface area contributed by atoms with Gasteiger partial charge >= 0.3 is 0 Å². The molecule has 0 aliphatic carbocycles. The van der Waals surface area contributed by atoms with E-state index < -0.39 is 0 Å². The molecule has 0 unspecified atom stereocenters. The fourth-order valence-electron chi connectivity index (χ4n) is 1.69. The molecule has 20 heavy (non-hydrogen) atoms. The van der Waals surface area contributed by atoms with Gasteiger partial charge in [0.15, 0.2) is 5.78 Å². The van der Waals surface area contributed by atoms with Gasteiger partial charge in [0.25, 0.3) is 0 Å². The maximum absolute atomic E-state index is 12.3. The van der Waals surface area contributed by atoms with Crippen molar-refractivity contribution in [2.75, 3.05) is 0 Å². The number of carbonyl (C=O) groups is 1. The number of hydrogen-bond acceptors (Lipinski definition) is 3. The van der Waals surface area contributed by atoms with Gasteiger partial charge in [-0.15, -0.1) is 0 Å². The number of hydrogen-bond donors (Lipinski definition) is 0. The van der Waals surface area contributed by atoms with Gasteiger partial charge < -0.3 is 0 Å². The zero-order valence-corrected chi connectivity index (χ0v) is 10.2. The lowest BCUT2D eigenvalue weighted by atomic mass is 10.0. The first-order chi connectivity index (χ1) is 9.74. The van der Waals surface area contributed by atoms with Gasteiger partial charge in [-0.25, -0.2) is 0 Å². The van der Waals surface area contributed by atoms with Gasteiger partial charge in [0.05, 0.1) is 0 Å². The summed E-state index contributed by atoms with van der Waals surface area (Å²) in [5, 5.41) is 6.90. The Labute approximate surface area is 113 Å². The molecule has 0 saturated carbocycles. The molecule has 0 atom stereocenters. The Morgan fingerprint density at radius 3 is 1.70 bits per heavy atom. The molecule has 0 saturated heterocycles. The fraction of sp³-hybridized carbons (Fsp3) is 0. The molecule has 2 aromatic rings. The molecule has 0 aliphatic heterocycles. The van der Waals surface area contributed by atoms with E-state index in [-0.39, 0.29) is 5.78 Å². The minimum atomic E-state index is -0.241. The van der Waals surface area contributed by atoms with Crippen LogP contribution in [0.5, 0.6) is 0 Å². The summed E-state index contributed by atoms with van der Waals surface area (Å²) in [7, 11) is 0. The molecule has 96 valence electrons. The van der Waals surface area contributed by atoms with Crippen LogP contribution in [-0.4, -0.2) is 5.78 Å². The lowest BCUT2D eigenvalue weighted by molar-refractivity contribution is 0.103. The van der Waals surface area contributed by atoms with E-state index >= 15 is 0 Å². The zero-order valence-electron chi connectivity index (χ0n) is 10.2. The Hall–Kier alpha value is -3.27. The summed E-state index contributed by atoms with van der Waals surface area (Å²) in [6.45, 7) is 0. The van der Waals surface area contributed by atoms with Crippen LogP contribution in [-0.2, 0) is 0 Å². The number of azide groups is 2. The van der Waals surface area contributed by atoms with Gasteiger partial charge in [0, 0.05) is 32.3 Å². The van der Waals surface area contributed by atoms with E-state index in [1.807, 2.05) is 0 Å². The van der Waals surface area contributed by atoms with Crippen LogP contribution in [0.25, 0.3) is 20.9 Å². The van der Waals surface area contributed by atoms with Gasteiger partial charge in [0.1, 0.15) is 0 Å². The van der Waals surface area contributed by atoms with Gasteiger partial charge in [-0.05, 0) is 23.2 Å². The van der Waals surface area contributed by atoms with Crippen molar-refractivity contribution in [3.05, 3.63) is 80.5 Å². The van der Waals surface area contributed by atoms with E-state index in [2.05, 4.69) is 20.1 Å². The molecule has 7 heteroatoms. The maximum Gasteiger partial charge on any atom is 0.193 e. The summed E-state index contributed by atoms with van der Waals surface area (Å²) in [4.78, 5) is 17.6. The highest BCUT2D eigenvalue weighted by atomic mass is 16.1. The van der Waals surface area contributed by atoms with Crippen molar-refractivity contribution in [3.63, 3.8) is 0 Å². The van der Waals surface area contributed by atoms with Crippen LogP contribution in [0, 0.1) is 0 Å². The van der Waals surface area contributed by atoms with Crippen LogP contribution in [0.4, 0.5) is 11.4 Å². The summed E-state index contributed by atoms with van der Waals surface area (Å²) in [5.41, 5.74) is 18.3. The molecule has 0 amide bonds. The molecule has 2 rings (SSSR count). The zero-order chi connectivity index (χ0) is 14.4. The lowest BCUT2D eigenvalue weighted by Crippen LogP contribution is -2.00. The molecule has 0 bridgehead atoms. The molecule has 0 fully saturated rings. The smallest absolute Gasteiger partial charge is 0.193 e. The summed E-state index contributed by atoms with van der Waals surface area (Å²) in [6, 6.07) is 12.7. The van der Waals surface area contributed by atoms with Gasteiger partial charge in [-0.3, -0.25) is 4.79 Å². The van der Waals surface area contributed by atoms with E-state index in [1.54, 1.807) is 36.4 Å². The molecule has 0 heterocycles. The first kappa shape index (κ1) is 13.2. The summed E-state index contributed by atoms with van der Waals surface area (Å²) < 4.78 is 0. The van der Waals surface area contributed by atoms with Gasteiger partial charge in [-0.2, -0.15) is 0 Å². The van der Waals surface area contributed by atoms with Crippen LogP contribution in [0.2, 0.25) is 0 Å². The third-order valence-electron chi connectivity index (χ3n) is 2.54. The Kier molecular flexibility index (Phi) is 3.99. The Morgan fingerprint density at radius 1 is 0.850 bits per heavy atom. The molecule has 0 aromatic heterocycles. The largest absolute Gasteiger partial charge is 0.289 e. The predicted molar refractivity (Wildman–Crippen MR) is 73.9 cm³/mol. The Morgan fingerprint density at radius 2 is 1.30 bits per heavy atom. The van der Waals surface area contributed by atoms with Crippen molar-refractivity contribution in [1.82, 2.24) is 0 Å². The number of carbonyl (C=O) groups excluding carboxylic acids is 1. The summed E-state index contributed by atoms with van der Waals surface area (Å²) in [5.74, 6) is -0.241. The van der Waals surface area contributed by atoms with Crippen molar-refractivity contribution in [1.29, 1.82) is 0 Å². The summed E-state index contributed by atoms with van der Waals surface area (Å²) in [6.07, 6.45) is 0. The molecule has 0 aliphatic rings. The molecular formula is C13H8N6O. The van der Waals surface area contributed by atoms with Gasteiger partial charge in [0.2, 0.25) is 0 Å². The monoisotopic (exact) mass is 264 g/mol. The van der Waals surface area contributed by atoms with Crippen LogP contribution >= 0.6 is 0 Å². The van der Waals surface area contributed by atoms with Crippen molar-refractivity contribution >= 4 is 17.2 Å². The molecule has 2 aromatic carbocycles. The molecule has 0 spiro atoms. The van der Waals surface area contributed by atoms with E-state index in [1.165, 1.54) is 12.1 Å². The third-order valence-corrected chi connectivity index (χ3v) is 2.54. The standard InChI is InChI=1S/C13H8N6O/c14-18-16-11-5-1-3-9(7-11)13(20)10-4-2-6-12(8-10)17-19-15/h1-8H. The second-order valence-corrected chi connectivity index (χ2v) is 3.81. The van der Waals surface area contributed by atoms with Crippen LogP contribution in [0.15, 0.2) is 58.8 Å². The average molecular weight is 264 g/mol. The molecule has 7 nitrogen and oxygen atoms in total. The number of rotatable bonds is 4. The Balaban J connectivity index is 2.40. The maximum atomic E-state index is 12.3. The number of nitrogens with zero attached hydrogens (tertiary/aromatic N) is 6. The first-order valence-electron chi connectivity index (χ1n) is 5.59. The van der Waals surface area contributed by atoms with Crippen LogP contribution < -0.4 is 0 Å². The van der Waals surface area contributed by atoms with E-state index in [4.69, 9.17) is 11.1 Å². The quantitative estimate of drug-likeness (QED) is 0.335. The molecule has 0 radical (unpaired) electrons. The highest BCUT2D eigenvalue weighted by Gasteiger charge is 2.09. The van der Waals surface area contributed by atoms with E-state index in [0.29, 0.717) is 22.5 Å². The summed E-state index contributed by atoms with van der Waals surface area (Å²) >= 11 is 0. The van der Waals surface area contributed by atoms with E-state index in [9.17, 15) is 4.79 Å². The minimum absolute atomic E-state index is 0.241. The molecule has 0 N–H and O–H groups in total. The van der Waals surface area contributed by atoms with Crippen molar-refractivity contribution in [2.24, 2.45) is 10.2 Å². The van der Waals surface area contributed by atoms with E-state index in [0.717, 1.165) is 0 Å². The highest BCUT2D eigenvalue weighted by molar-refractivity contribution is 6.09. The SMILES string of the molecule is [N-]=[N+]=Nc1cccc(C(=O)c2cccc(N=[N+]=[N-])c2)c1. The Bertz CT molecular complexity index is 693. The van der Waals surface area contributed by atoms with Crippen LogP contribution in [0.1, 0.15) is 15.9 Å². The fourth-order valence-corrected chi connectivity index (χ4v) is 1.69. The van der Waals surface area contributed by atoms with Gasteiger partial charge in [-0.1, -0.05) is 46.6 Å². The third kappa shape index (κ3) is 2.94. The predicted octanol–water partition coefficient (Wildman–Crippen LogP) is 4.80. The van der Waals surface area contributed by atoms with Crippen molar-refractivity contribution in [3.8, 4) is 0 Å². The topological polar surface area (TPSA) is 115 Å². The second-order valence-electron chi connectivity index (χ2n) is 3.81. The number of benzene rings is 2. The minimum Gasteiger partial charge on any atom is -0.289 e.